The molecule has 8 nitrogen and oxygen atoms in total. The zero-order valence-electron chi connectivity index (χ0n) is 15.9. The highest BCUT2D eigenvalue weighted by Crippen LogP contribution is 2.24. The van der Waals surface area contributed by atoms with Crippen molar-refractivity contribution in [1.29, 1.82) is 0 Å². The predicted octanol–water partition coefficient (Wildman–Crippen LogP) is 1.58. The van der Waals surface area contributed by atoms with Crippen molar-refractivity contribution in [2.45, 2.75) is 50.0 Å². The van der Waals surface area contributed by atoms with Crippen molar-refractivity contribution in [3.8, 4) is 0 Å². The molecule has 1 saturated carbocycles. The molecule has 9 heteroatoms. The molecule has 1 aliphatic carbocycles. The maximum atomic E-state index is 12.9. The second-order valence-electron chi connectivity index (χ2n) is 6.90. The van der Waals surface area contributed by atoms with Gasteiger partial charge in [-0.3, -0.25) is 4.79 Å². The fourth-order valence-electron chi connectivity index (χ4n) is 2.98. The van der Waals surface area contributed by atoms with E-state index in [-0.39, 0.29) is 34.8 Å². The summed E-state index contributed by atoms with van der Waals surface area (Å²) in [6.45, 7) is 1.33. The van der Waals surface area contributed by atoms with E-state index in [1.165, 1.54) is 13.5 Å². The normalized spacial score (nSPS) is 16.3. The lowest BCUT2D eigenvalue weighted by atomic mass is 9.95. The second kappa shape index (κ2) is 8.68. The molecule has 0 atom stereocenters. The number of hydrogen-bond donors (Lipinski definition) is 1. The average molecular weight is 385 g/mol. The lowest BCUT2D eigenvalue weighted by Crippen LogP contribution is -2.43. The Morgan fingerprint density at radius 2 is 1.92 bits per heavy atom. The van der Waals surface area contributed by atoms with Gasteiger partial charge >= 0.3 is 0 Å². The summed E-state index contributed by atoms with van der Waals surface area (Å²) in [6.07, 6.45) is 8.51. The Morgan fingerprint density at radius 3 is 2.54 bits per heavy atom. The molecule has 0 bridgehead atoms. The fourth-order valence-corrected chi connectivity index (χ4v) is 4.35. The van der Waals surface area contributed by atoms with Crippen LogP contribution >= 0.6 is 0 Å². The van der Waals surface area contributed by atoms with Gasteiger partial charge in [0, 0.05) is 39.5 Å². The van der Waals surface area contributed by atoms with Crippen molar-refractivity contribution in [3.05, 3.63) is 17.7 Å². The van der Waals surface area contributed by atoms with Crippen LogP contribution in [0.5, 0.6) is 0 Å². The van der Waals surface area contributed by atoms with Crippen LogP contribution in [0, 0.1) is 6.92 Å². The Hall–Kier alpha value is -1.87. The second-order valence-corrected chi connectivity index (χ2v) is 8.89. The van der Waals surface area contributed by atoms with Crippen LogP contribution in [0.3, 0.4) is 0 Å². The number of likely N-dealkylation sites (N-methyl/N-ethyl adjacent to an activating group) is 1. The first-order chi connectivity index (χ1) is 12.2. The number of hydrogen-bond acceptors (Lipinski definition) is 6. The summed E-state index contributed by atoms with van der Waals surface area (Å²) >= 11 is 0. The van der Waals surface area contributed by atoms with Crippen LogP contribution < -0.4 is 5.32 Å². The summed E-state index contributed by atoms with van der Waals surface area (Å²) in [4.78, 5) is 14.0. The smallest absolute Gasteiger partial charge is 0.249 e. The van der Waals surface area contributed by atoms with Crippen LogP contribution in [0.4, 0.5) is 0 Å². The summed E-state index contributed by atoms with van der Waals surface area (Å²) < 4.78 is 32.0. The number of aryl methyl sites for hydroxylation is 1. The van der Waals surface area contributed by atoms with Gasteiger partial charge in [-0.1, -0.05) is 24.4 Å². The minimum absolute atomic E-state index is 0.0106. The monoisotopic (exact) mass is 384 g/mol. The minimum atomic E-state index is -3.89. The minimum Gasteiger partial charge on any atom is -0.383 e. The van der Waals surface area contributed by atoms with Gasteiger partial charge in [-0.25, -0.2) is 8.42 Å². The molecule has 1 aliphatic rings. The first-order valence-electron chi connectivity index (χ1n) is 8.78. The highest BCUT2D eigenvalue weighted by Gasteiger charge is 2.31. The van der Waals surface area contributed by atoms with E-state index in [0.29, 0.717) is 0 Å². The lowest BCUT2D eigenvalue weighted by molar-refractivity contribution is -0.122. The summed E-state index contributed by atoms with van der Waals surface area (Å²) in [5.41, 5.74) is 0.267. The Kier molecular flexibility index (Phi) is 6.82. The van der Waals surface area contributed by atoms with E-state index >= 15 is 0 Å². The molecule has 0 radical (unpaired) electrons. The number of nitrogens with one attached hydrogen (secondary N) is 1. The van der Waals surface area contributed by atoms with Gasteiger partial charge < -0.3 is 14.7 Å². The molecule has 1 fully saturated rings. The molecule has 0 spiro atoms. The molecule has 26 heavy (non-hydrogen) atoms. The molecule has 0 unspecified atom stereocenters. The summed E-state index contributed by atoms with van der Waals surface area (Å²) in [6, 6.07) is 0.142. The Balaban J connectivity index is 2.11. The molecule has 1 aromatic heterocycles. The maximum absolute atomic E-state index is 12.9. The van der Waals surface area contributed by atoms with Crippen molar-refractivity contribution in [3.63, 3.8) is 0 Å². The number of aromatic nitrogens is 1. The van der Waals surface area contributed by atoms with E-state index in [1.807, 2.05) is 14.1 Å². The Bertz CT molecular complexity index is 749. The van der Waals surface area contributed by atoms with Gasteiger partial charge in [0.2, 0.25) is 15.9 Å². The third-order valence-electron chi connectivity index (χ3n) is 4.36. The third kappa shape index (κ3) is 5.07. The first kappa shape index (κ1) is 20.4. The highest BCUT2D eigenvalue weighted by molar-refractivity contribution is 7.89. The van der Waals surface area contributed by atoms with E-state index in [2.05, 4.69) is 10.5 Å². The van der Waals surface area contributed by atoms with Crippen molar-refractivity contribution in [1.82, 2.24) is 19.7 Å². The number of carbonyl (C=O) groups is 1. The zero-order valence-corrected chi connectivity index (χ0v) is 16.7. The Labute approximate surface area is 155 Å². The SMILES string of the molecule is Cc1noc(/C=C/N(C)C)c1S(=O)(=O)N(C)CC(=O)NC1CCCCC1. The molecule has 1 heterocycles. The van der Waals surface area contributed by atoms with Crippen LogP contribution in [0.25, 0.3) is 6.08 Å². The molecular formula is C17H28N4O4S. The van der Waals surface area contributed by atoms with Gasteiger partial charge in [-0.2, -0.15) is 4.31 Å². The van der Waals surface area contributed by atoms with Gasteiger partial charge in [0.15, 0.2) is 10.7 Å². The van der Waals surface area contributed by atoms with Crippen LogP contribution in [0.1, 0.15) is 43.6 Å². The van der Waals surface area contributed by atoms with E-state index < -0.39 is 10.0 Å². The number of sulfonamides is 1. The number of amides is 1. The van der Waals surface area contributed by atoms with Crippen molar-refractivity contribution >= 4 is 22.0 Å². The number of nitrogens with zero attached hydrogens (tertiary/aromatic N) is 3. The van der Waals surface area contributed by atoms with E-state index in [0.717, 1.165) is 30.0 Å². The fraction of sp³-hybridized carbons (Fsp3) is 0.647. The standard InChI is InChI=1S/C17H28N4O4S/c1-13-17(15(25-19-13)10-11-20(2)3)26(23,24)21(4)12-16(22)18-14-8-6-5-7-9-14/h10-11,14H,5-9,12H2,1-4H3,(H,18,22)/b11-10+. The lowest BCUT2D eigenvalue weighted by Gasteiger charge is -2.24. The molecule has 146 valence electrons. The van der Waals surface area contributed by atoms with Crippen LogP contribution in [-0.2, 0) is 14.8 Å². The zero-order chi connectivity index (χ0) is 19.3. The predicted molar refractivity (Wildman–Crippen MR) is 98.8 cm³/mol. The first-order valence-corrected chi connectivity index (χ1v) is 10.2. The van der Waals surface area contributed by atoms with Crippen LogP contribution in [-0.4, -0.2) is 62.4 Å². The Morgan fingerprint density at radius 1 is 1.27 bits per heavy atom. The molecular weight excluding hydrogens is 356 g/mol. The quantitative estimate of drug-likeness (QED) is 0.767. The molecule has 1 aromatic rings. The largest absolute Gasteiger partial charge is 0.383 e. The number of rotatable bonds is 7. The molecule has 0 aromatic carbocycles. The third-order valence-corrected chi connectivity index (χ3v) is 6.32. The summed E-state index contributed by atoms with van der Waals surface area (Å²) in [5, 5.41) is 6.70. The van der Waals surface area contributed by atoms with Crippen molar-refractivity contribution in [2.24, 2.45) is 0 Å². The molecule has 1 N–H and O–H groups in total. The van der Waals surface area contributed by atoms with Gasteiger partial charge in [-0.15, -0.1) is 0 Å². The van der Waals surface area contributed by atoms with Gasteiger partial charge in [0.1, 0.15) is 5.69 Å². The van der Waals surface area contributed by atoms with Gasteiger partial charge in [0.25, 0.3) is 0 Å². The molecule has 0 aliphatic heterocycles. The average Bonchev–Trinajstić information content (AvgIpc) is 2.95. The number of carbonyl (C=O) groups excluding carboxylic acids is 1. The van der Waals surface area contributed by atoms with Crippen LogP contribution in [0.15, 0.2) is 15.6 Å². The van der Waals surface area contributed by atoms with Gasteiger partial charge in [-0.05, 0) is 19.8 Å². The van der Waals surface area contributed by atoms with E-state index in [1.54, 1.807) is 24.1 Å². The molecule has 0 saturated heterocycles. The van der Waals surface area contributed by atoms with Crippen molar-refractivity contribution in [2.75, 3.05) is 27.7 Å². The highest BCUT2D eigenvalue weighted by atomic mass is 32.2. The summed E-state index contributed by atoms with van der Waals surface area (Å²) in [7, 11) is 1.13. The van der Waals surface area contributed by atoms with Crippen molar-refractivity contribution < 1.29 is 17.7 Å². The maximum Gasteiger partial charge on any atom is 0.249 e. The van der Waals surface area contributed by atoms with Crippen LogP contribution in [0.2, 0.25) is 0 Å². The topological polar surface area (TPSA) is 95.8 Å². The van der Waals surface area contributed by atoms with E-state index in [9.17, 15) is 13.2 Å². The summed E-state index contributed by atoms with van der Waals surface area (Å²) in [5.74, 6) is -0.141. The molecule has 2 rings (SSSR count). The van der Waals surface area contributed by atoms with E-state index in [4.69, 9.17) is 4.52 Å². The molecule has 1 amide bonds. The van der Waals surface area contributed by atoms with Gasteiger partial charge in [0.05, 0.1) is 6.54 Å².